The summed E-state index contributed by atoms with van der Waals surface area (Å²) in [4.78, 5) is 4.50. The van der Waals surface area contributed by atoms with Gasteiger partial charge < -0.3 is 20.1 Å². The number of rotatable bonds is 8. The fourth-order valence-electron chi connectivity index (χ4n) is 2.80. The third kappa shape index (κ3) is 8.69. The van der Waals surface area contributed by atoms with Gasteiger partial charge in [0.1, 0.15) is 11.6 Å². The van der Waals surface area contributed by atoms with Crippen LogP contribution >= 0.6 is 24.0 Å². The molecule has 0 radical (unpaired) electrons. The SMILES string of the molecule is CCNC(=NCCCOC1CCOCC1)NC(C)c1ccc(F)cc1F.I. The van der Waals surface area contributed by atoms with Gasteiger partial charge in [0.15, 0.2) is 5.96 Å². The lowest BCUT2D eigenvalue weighted by Crippen LogP contribution is -2.39. The minimum absolute atomic E-state index is 0. The molecule has 1 fully saturated rings. The van der Waals surface area contributed by atoms with E-state index in [4.69, 9.17) is 9.47 Å². The van der Waals surface area contributed by atoms with Crippen LogP contribution in [0.3, 0.4) is 0 Å². The molecule has 1 unspecified atom stereocenters. The van der Waals surface area contributed by atoms with Crippen LogP contribution in [-0.4, -0.2) is 45.0 Å². The van der Waals surface area contributed by atoms with Crippen LogP contribution in [-0.2, 0) is 9.47 Å². The lowest BCUT2D eigenvalue weighted by Gasteiger charge is -2.22. The molecule has 0 aromatic heterocycles. The maximum absolute atomic E-state index is 13.9. The van der Waals surface area contributed by atoms with Crippen molar-refractivity contribution in [1.29, 1.82) is 0 Å². The highest BCUT2D eigenvalue weighted by Crippen LogP contribution is 2.17. The fraction of sp³-hybridized carbons (Fsp3) is 0.632. The number of nitrogens with one attached hydrogen (secondary N) is 2. The van der Waals surface area contributed by atoms with Gasteiger partial charge >= 0.3 is 0 Å². The van der Waals surface area contributed by atoms with Crippen molar-refractivity contribution >= 4 is 29.9 Å². The third-order valence-corrected chi connectivity index (χ3v) is 4.22. The van der Waals surface area contributed by atoms with Gasteiger partial charge in [-0.3, -0.25) is 4.99 Å². The number of guanidine groups is 1. The van der Waals surface area contributed by atoms with E-state index in [1.54, 1.807) is 0 Å². The molecule has 8 heteroatoms. The van der Waals surface area contributed by atoms with E-state index in [1.807, 2.05) is 13.8 Å². The van der Waals surface area contributed by atoms with E-state index >= 15 is 0 Å². The van der Waals surface area contributed by atoms with Crippen molar-refractivity contribution < 1.29 is 18.3 Å². The van der Waals surface area contributed by atoms with Crippen molar-refractivity contribution in [3.05, 3.63) is 35.4 Å². The molecule has 2 rings (SSSR count). The van der Waals surface area contributed by atoms with E-state index in [-0.39, 0.29) is 30.0 Å². The zero-order chi connectivity index (χ0) is 18.8. The largest absolute Gasteiger partial charge is 0.381 e. The Morgan fingerprint density at radius 2 is 2.07 bits per heavy atom. The van der Waals surface area contributed by atoms with Crippen LogP contribution < -0.4 is 10.6 Å². The summed E-state index contributed by atoms with van der Waals surface area (Å²) in [7, 11) is 0. The van der Waals surface area contributed by atoms with Crippen LogP contribution in [0.1, 0.15) is 44.7 Å². The standard InChI is InChI=1S/C19H29F2N3O2.HI/c1-3-22-19(23-9-4-10-26-16-7-11-25-12-8-16)24-14(2)17-6-5-15(20)13-18(17)21;/h5-6,13-14,16H,3-4,7-12H2,1-2H3,(H2,22,23,24);1H. The van der Waals surface area contributed by atoms with Gasteiger partial charge in [-0.1, -0.05) is 6.07 Å². The number of ether oxygens (including phenoxy) is 2. The Morgan fingerprint density at radius 3 is 2.74 bits per heavy atom. The molecular formula is C19H30F2IN3O2. The molecule has 1 atom stereocenters. The van der Waals surface area contributed by atoms with Gasteiger partial charge in [0, 0.05) is 44.5 Å². The maximum Gasteiger partial charge on any atom is 0.191 e. The fourth-order valence-corrected chi connectivity index (χ4v) is 2.80. The second-order valence-electron chi connectivity index (χ2n) is 6.33. The first-order valence-electron chi connectivity index (χ1n) is 9.29. The van der Waals surface area contributed by atoms with E-state index in [0.29, 0.717) is 37.3 Å². The normalized spacial score (nSPS) is 16.5. The number of nitrogens with zero attached hydrogens (tertiary/aromatic N) is 1. The van der Waals surface area contributed by atoms with Crippen molar-refractivity contribution in [2.24, 2.45) is 4.99 Å². The van der Waals surface area contributed by atoms with Gasteiger partial charge in [-0.05, 0) is 39.2 Å². The highest BCUT2D eigenvalue weighted by atomic mass is 127. The maximum atomic E-state index is 13.9. The molecule has 1 aliphatic rings. The highest BCUT2D eigenvalue weighted by molar-refractivity contribution is 14.0. The predicted octanol–water partition coefficient (Wildman–Crippen LogP) is 3.78. The van der Waals surface area contributed by atoms with E-state index in [2.05, 4.69) is 15.6 Å². The summed E-state index contributed by atoms with van der Waals surface area (Å²) < 4.78 is 38.1. The summed E-state index contributed by atoms with van der Waals surface area (Å²) in [6, 6.07) is 3.28. The van der Waals surface area contributed by atoms with Gasteiger partial charge in [-0.2, -0.15) is 0 Å². The first-order chi connectivity index (χ1) is 12.6. The number of hydrogen-bond acceptors (Lipinski definition) is 3. The van der Waals surface area contributed by atoms with Crippen molar-refractivity contribution in [1.82, 2.24) is 10.6 Å². The van der Waals surface area contributed by atoms with E-state index < -0.39 is 11.6 Å². The quantitative estimate of drug-likeness (QED) is 0.249. The summed E-state index contributed by atoms with van der Waals surface area (Å²) in [5.41, 5.74) is 0.403. The molecule has 1 aliphatic heterocycles. The number of aliphatic imine (C=N–C) groups is 1. The van der Waals surface area contributed by atoms with Crippen molar-refractivity contribution in [3.63, 3.8) is 0 Å². The van der Waals surface area contributed by atoms with Crippen molar-refractivity contribution in [3.8, 4) is 0 Å². The average Bonchev–Trinajstić information content (AvgIpc) is 2.62. The Balaban J connectivity index is 0.00000364. The van der Waals surface area contributed by atoms with Crippen molar-refractivity contribution in [2.45, 2.75) is 45.3 Å². The monoisotopic (exact) mass is 497 g/mol. The molecule has 0 aliphatic carbocycles. The van der Waals surface area contributed by atoms with E-state index in [9.17, 15) is 8.78 Å². The minimum Gasteiger partial charge on any atom is -0.381 e. The summed E-state index contributed by atoms with van der Waals surface area (Å²) in [6.07, 6.45) is 3.01. The van der Waals surface area contributed by atoms with Crippen LogP contribution in [0.5, 0.6) is 0 Å². The molecule has 0 bridgehead atoms. The van der Waals surface area contributed by atoms with Crippen molar-refractivity contribution in [2.75, 3.05) is 32.9 Å². The zero-order valence-corrected chi connectivity index (χ0v) is 18.3. The summed E-state index contributed by atoms with van der Waals surface area (Å²) in [5.74, 6) is -0.538. The van der Waals surface area contributed by atoms with Crippen LogP contribution in [0.2, 0.25) is 0 Å². The molecular weight excluding hydrogens is 467 g/mol. The van der Waals surface area contributed by atoms with Crippen LogP contribution in [0.4, 0.5) is 8.78 Å². The Labute approximate surface area is 177 Å². The Bertz CT molecular complexity index is 584. The van der Waals surface area contributed by atoms with E-state index in [1.165, 1.54) is 12.1 Å². The van der Waals surface area contributed by atoms with Gasteiger partial charge in [-0.15, -0.1) is 24.0 Å². The third-order valence-electron chi connectivity index (χ3n) is 4.22. The summed E-state index contributed by atoms with van der Waals surface area (Å²) in [6.45, 7) is 7.30. The first-order valence-corrected chi connectivity index (χ1v) is 9.29. The molecule has 1 aromatic rings. The van der Waals surface area contributed by atoms with Crippen LogP contribution in [0, 0.1) is 11.6 Å². The molecule has 154 valence electrons. The summed E-state index contributed by atoms with van der Waals surface area (Å²) in [5, 5.41) is 6.29. The highest BCUT2D eigenvalue weighted by Gasteiger charge is 2.14. The smallest absolute Gasteiger partial charge is 0.191 e. The molecule has 0 amide bonds. The lowest BCUT2D eigenvalue weighted by molar-refractivity contribution is -0.0318. The van der Waals surface area contributed by atoms with Gasteiger partial charge in [0.25, 0.3) is 0 Å². The van der Waals surface area contributed by atoms with E-state index in [0.717, 1.165) is 38.5 Å². The topological polar surface area (TPSA) is 54.9 Å². The average molecular weight is 497 g/mol. The van der Waals surface area contributed by atoms with Crippen LogP contribution in [0.15, 0.2) is 23.2 Å². The lowest BCUT2D eigenvalue weighted by atomic mass is 10.1. The molecule has 27 heavy (non-hydrogen) atoms. The molecule has 0 spiro atoms. The van der Waals surface area contributed by atoms with Gasteiger partial charge in [0.2, 0.25) is 0 Å². The first kappa shape index (κ1) is 24.0. The summed E-state index contributed by atoms with van der Waals surface area (Å²) >= 11 is 0. The van der Waals surface area contributed by atoms with Gasteiger partial charge in [-0.25, -0.2) is 8.78 Å². The number of halogens is 3. The zero-order valence-electron chi connectivity index (χ0n) is 16.0. The second kappa shape index (κ2) is 13.2. The minimum atomic E-state index is -0.580. The predicted molar refractivity (Wildman–Crippen MR) is 114 cm³/mol. The van der Waals surface area contributed by atoms with Gasteiger partial charge in [0.05, 0.1) is 12.1 Å². The number of hydrogen-bond donors (Lipinski definition) is 2. The number of benzene rings is 1. The molecule has 5 nitrogen and oxygen atoms in total. The Kier molecular flexibility index (Phi) is 11.8. The molecule has 1 saturated heterocycles. The molecule has 2 N–H and O–H groups in total. The molecule has 1 heterocycles. The van der Waals surface area contributed by atoms with Crippen LogP contribution in [0.25, 0.3) is 0 Å². The Hall–Kier alpha value is -1.00. The second-order valence-corrected chi connectivity index (χ2v) is 6.33. The molecule has 0 saturated carbocycles. The molecule has 1 aromatic carbocycles. The Morgan fingerprint density at radius 1 is 1.33 bits per heavy atom.